The number of hydrogen-bond acceptors (Lipinski definition) is 6. The van der Waals surface area contributed by atoms with Crippen LogP contribution in [0.15, 0.2) is 48.5 Å². The molecule has 32 heavy (non-hydrogen) atoms. The van der Waals surface area contributed by atoms with E-state index in [9.17, 15) is 10.1 Å². The topological polar surface area (TPSA) is 81.5 Å². The lowest BCUT2D eigenvalue weighted by atomic mass is 10.1. The molecule has 0 bridgehead atoms. The predicted molar refractivity (Wildman–Crippen MR) is 127 cm³/mol. The molecule has 8 heteroatoms. The van der Waals surface area contributed by atoms with Gasteiger partial charge in [-0.1, -0.05) is 11.6 Å². The fourth-order valence-corrected chi connectivity index (χ4v) is 3.92. The number of nitriles is 1. The number of benzene rings is 2. The molecular formula is C24H24ClN5O2. The Morgan fingerprint density at radius 2 is 1.97 bits per heavy atom. The third-order valence-electron chi connectivity index (χ3n) is 5.45. The smallest absolute Gasteiger partial charge is 0.243 e. The summed E-state index contributed by atoms with van der Waals surface area (Å²) < 4.78 is 5.39. The van der Waals surface area contributed by atoms with Crippen LogP contribution < -0.4 is 15.1 Å². The molecule has 7 nitrogen and oxygen atoms in total. The van der Waals surface area contributed by atoms with Gasteiger partial charge in [-0.2, -0.15) is 5.26 Å². The van der Waals surface area contributed by atoms with E-state index in [-0.39, 0.29) is 12.5 Å². The number of fused-ring (bicyclic) bond motifs is 1. The Kier molecular flexibility index (Phi) is 6.74. The molecule has 0 atom stereocenters. The number of pyridine rings is 1. The second-order valence-electron chi connectivity index (χ2n) is 7.51. The van der Waals surface area contributed by atoms with Crippen LogP contribution in [0.5, 0.6) is 0 Å². The second kappa shape index (κ2) is 9.86. The van der Waals surface area contributed by atoms with Crippen LogP contribution in [0.2, 0.25) is 5.02 Å². The van der Waals surface area contributed by atoms with Crippen LogP contribution in [0.25, 0.3) is 10.9 Å². The average molecular weight is 450 g/mol. The zero-order valence-corrected chi connectivity index (χ0v) is 18.6. The number of likely N-dealkylation sites (N-methyl/N-ethyl adjacent to an activating group) is 1. The number of hydrogen-bond donors (Lipinski definition) is 1. The quantitative estimate of drug-likeness (QED) is 0.611. The third-order valence-corrected chi connectivity index (χ3v) is 5.68. The van der Waals surface area contributed by atoms with E-state index in [4.69, 9.17) is 16.3 Å². The molecule has 0 saturated carbocycles. The number of morpholine rings is 1. The molecule has 1 aromatic heterocycles. The number of ether oxygens (including phenoxy) is 1. The van der Waals surface area contributed by atoms with E-state index in [1.807, 2.05) is 36.1 Å². The maximum absolute atomic E-state index is 12.7. The SMILES string of the molecule is CCN(CC(=O)Nc1ccc(N2CCOCC2)cc1)c1cc(C#N)c2cc(Cl)ccc2n1. The van der Waals surface area contributed by atoms with E-state index in [1.54, 1.807) is 24.3 Å². The van der Waals surface area contributed by atoms with Crippen molar-refractivity contribution in [2.45, 2.75) is 6.92 Å². The van der Waals surface area contributed by atoms with E-state index in [2.05, 4.69) is 21.3 Å². The minimum Gasteiger partial charge on any atom is -0.378 e. The normalized spacial score (nSPS) is 13.6. The number of rotatable bonds is 6. The van der Waals surface area contributed by atoms with Crippen LogP contribution in [0.4, 0.5) is 17.2 Å². The van der Waals surface area contributed by atoms with Crippen LogP contribution >= 0.6 is 11.6 Å². The number of aromatic nitrogens is 1. The fourth-order valence-electron chi connectivity index (χ4n) is 3.74. The van der Waals surface area contributed by atoms with Crippen molar-refractivity contribution in [3.8, 4) is 6.07 Å². The van der Waals surface area contributed by atoms with Crippen molar-refractivity contribution in [1.29, 1.82) is 5.26 Å². The number of amides is 1. The lowest BCUT2D eigenvalue weighted by molar-refractivity contribution is -0.115. The summed E-state index contributed by atoms with van der Waals surface area (Å²) in [5, 5.41) is 13.8. The standard InChI is InChI=1S/C24H24ClN5O2/c1-2-29(23-13-17(15-26)21-14-18(25)3-8-22(21)28-23)16-24(31)27-19-4-6-20(7-5-19)30-9-11-32-12-10-30/h3-8,13-14H,2,9-12,16H2,1H3,(H,27,31). The Morgan fingerprint density at radius 1 is 1.22 bits per heavy atom. The summed E-state index contributed by atoms with van der Waals surface area (Å²) >= 11 is 6.07. The van der Waals surface area contributed by atoms with Crippen LogP contribution in [0.1, 0.15) is 12.5 Å². The largest absolute Gasteiger partial charge is 0.378 e. The van der Waals surface area contributed by atoms with Gasteiger partial charge in [0.05, 0.1) is 36.9 Å². The maximum Gasteiger partial charge on any atom is 0.243 e. The highest BCUT2D eigenvalue weighted by molar-refractivity contribution is 6.31. The van der Waals surface area contributed by atoms with E-state index >= 15 is 0 Å². The van der Waals surface area contributed by atoms with E-state index in [0.29, 0.717) is 33.9 Å². The highest BCUT2D eigenvalue weighted by atomic mass is 35.5. The molecule has 3 aromatic rings. The molecule has 164 valence electrons. The molecule has 1 fully saturated rings. The molecule has 2 heterocycles. The first-order chi connectivity index (χ1) is 15.6. The van der Waals surface area contributed by atoms with Gasteiger partial charge in [-0.15, -0.1) is 0 Å². The monoisotopic (exact) mass is 449 g/mol. The van der Waals surface area contributed by atoms with Crippen molar-refractivity contribution in [1.82, 2.24) is 4.98 Å². The van der Waals surface area contributed by atoms with Crippen molar-refractivity contribution in [3.63, 3.8) is 0 Å². The van der Waals surface area contributed by atoms with Gasteiger partial charge in [-0.25, -0.2) is 4.98 Å². The molecule has 1 aliphatic rings. The minimum absolute atomic E-state index is 0.124. The van der Waals surface area contributed by atoms with E-state index in [0.717, 1.165) is 37.7 Å². The molecule has 0 unspecified atom stereocenters. The summed E-state index contributed by atoms with van der Waals surface area (Å²) in [6, 6.07) is 17.0. The first kappa shape index (κ1) is 21.9. The molecule has 1 amide bonds. The lowest BCUT2D eigenvalue weighted by Crippen LogP contribution is -2.36. The summed E-state index contributed by atoms with van der Waals surface area (Å²) in [5.41, 5.74) is 3.00. The number of carbonyl (C=O) groups is 1. The molecule has 4 rings (SSSR count). The Labute approximate surface area is 192 Å². The summed E-state index contributed by atoms with van der Waals surface area (Å²) in [4.78, 5) is 21.5. The first-order valence-electron chi connectivity index (χ1n) is 10.6. The summed E-state index contributed by atoms with van der Waals surface area (Å²) in [5.74, 6) is 0.430. The van der Waals surface area contributed by atoms with Crippen LogP contribution in [-0.4, -0.2) is 50.3 Å². The molecular weight excluding hydrogens is 426 g/mol. The van der Waals surface area contributed by atoms with Gasteiger partial charge >= 0.3 is 0 Å². The predicted octanol–water partition coefficient (Wildman–Crippen LogP) is 4.06. The third kappa shape index (κ3) is 4.93. The summed E-state index contributed by atoms with van der Waals surface area (Å²) in [7, 11) is 0. The van der Waals surface area contributed by atoms with Gasteiger partial charge in [-0.3, -0.25) is 4.79 Å². The number of nitrogens with one attached hydrogen (secondary N) is 1. The Morgan fingerprint density at radius 3 is 2.66 bits per heavy atom. The van der Waals surface area contributed by atoms with E-state index < -0.39 is 0 Å². The van der Waals surface area contributed by atoms with Gasteiger partial charge < -0.3 is 19.9 Å². The first-order valence-corrected chi connectivity index (χ1v) is 10.9. The van der Waals surface area contributed by atoms with Crippen LogP contribution in [0, 0.1) is 11.3 Å². The highest BCUT2D eigenvalue weighted by Crippen LogP contribution is 2.25. The fraction of sp³-hybridized carbons (Fsp3) is 0.292. The van der Waals surface area contributed by atoms with Gasteiger partial charge in [0.15, 0.2) is 0 Å². The second-order valence-corrected chi connectivity index (χ2v) is 7.95. The zero-order chi connectivity index (χ0) is 22.5. The number of nitrogens with zero attached hydrogens (tertiary/aromatic N) is 4. The highest BCUT2D eigenvalue weighted by Gasteiger charge is 2.15. The lowest BCUT2D eigenvalue weighted by Gasteiger charge is -2.29. The summed E-state index contributed by atoms with van der Waals surface area (Å²) in [6.07, 6.45) is 0. The van der Waals surface area contributed by atoms with Gasteiger partial charge in [-0.05, 0) is 55.5 Å². The minimum atomic E-state index is -0.150. The molecule has 1 aliphatic heterocycles. The molecule has 0 aliphatic carbocycles. The van der Waals surface area contributed by atoms with Crippen molar-refractivity contribution in [2.75, 3.05) is 54.5 Å². The molecule has 0 spiro atoms. The van der Waals surface area contributed by atoms with Crippen LogP contribution in [-0.2, 0) is 9.53 Å². The number of halogens is 1. The van der Waals surface area contributed by atoms with Crippen LogP contribution in [0.3, 0.4) is 0 Å². The van der Waals surface area contributed by atoms with Gasteiger partial charge in [0.1, 0.15) is 5.82 Å². The zero-order valence-electron chi connectivity index (χ0n) is 17.8. The van der Waals surface area contributed by atoms with Gasteiger partial charge in [0.25, 0.3) is 0 Å². The summed E-state index contributed by atoms with van der Waals surface area (Å²) in [6.45, 7) is 5.84. The Balaban J connectivity index is 1.46. The number of carbonyl (C=O) groups excluding carboxylic acids is 1. The van der Waals surface area contributed by atoms with Gasteiger partial charge in [0.2, 0.25) is 5.91 Å². The molecule has 1 N–H and O–H groups in total. The Hall–Kier alpha value is -3.34. The van der Waals surface area contributed by atoms with Crippen molar-refractivity contribution < 1.29 is 9.53 Å². The van der Waals surface area contributed by atoms with Crippen molar-refractivity contribution >= 4 is 45.6 Å². The van der Waals surface area contributed by atoms with Crippen molar-refractivity contribution in [2.24, 2.45) is 0 Å². The molecule has 2 aromatic carbocycles. The van der Waals surface area contributed by atoms with E-state index in [1.165, 1.54) is 0 Å². The van der Waals surface area contributed by atoms with Crippen molar-refractivity contribution in [3.05, 3.63) is 59.1 Å². The average Bonchev–Trinajstić information content (AvgIpc) is 2.83. The maximum atomic E-state index is 12.7. The number of anilines is 3. The van der Waals surface area contributed by atoms with Gasteiger partial charge in [0, 0.05) is 41.4 Å². The molecule has 0 radical (unpaired) electrons. The Bertz CT molecular complexity index is 1150. The molecule has 1 saturated heterocycles.